The van der Waals surface area contributed by atoms with Gasteiger partial charge in [0.25, 0.3) is 5.56 Å². The van der Waals surface area contributed by atoms with E-state index >= 15 is 0 Å². The number of nitrogens with zero attached hydrogens (tertiary/aromatic N) is 10. The molecule has 0 radical (unpaired) electrons. The maximum Gasteiger partial charge on any atom is 0.316 e. The Hall–Kier alpha value is -6.64. The molecule has 0 saturated heterocycles. The molecule has 0 amide bonds. The molecule has 0 aliphatic carbocycles. The van der Waals surface area contributed by atoms with Gasteiger partial charge in [-0.3, -0.25) is 14.4 Å². The number of aryl methyl sites for hydroxylation is 7. The van der Waals surface area contributed by atoms with E-state index in [1.807, 2.05) is 45.9 Å². The van der Waals surface area contributed by atoms with Crippen LogP contribution in [-0.2, 0) is 21.1 Å². The lowest BCUT2D eigenvalue weighted by Crippen LogP contribution is -2.39. The zero-order valence-corrected chi connectivity index (χ0v) is 28.3. The summed E-state index contributed by atoms with van der Waals surface area (Å²) in [6.07, 6.45) is 1.48. The van der Waals surface area contributed by atoms with Gasteiger partial charge in [0.05, 0.1) is 28.3 Å². The van der Waals surface area contributed by atoms with Crippen molar-refractivity contribution in [3.8, 4) is 22.9 Å². The molecule has 0 atom stereocenters. The number of hydrogen-bond acceptors (Lipinski definition) is 10. The van der Waals surface area contributed by atoms with Crippen molar-refractivity contribution in [2.75, 3.05) is 0 Å². The molecule has 50 heavy (non-hydrogen) atoms. The molecule has 252 valence electrons. The summed E-state index contributed by atoms with van der Waals surface area (Å²) in [4.78, 5) is 43.3. The Balaban J connectivity index is 0.000000157. The van der Waals surface area contributed by atoms with Crippen LogP contribution in [0.2, 0.25) is 0 Å². The van der Waals surface area contributed by atoms with Crippen LogP contribution >= 0.6 is 0 Å². The van der Waals surface area contributed by atoms with E-state index in [2.05, 4.69) is 25.4 Å². The number of rotatable bonds is 2. The van der Waals surface area contributed by atoms with Gasteiger partial charge in [-0.1, -0.05) is 12.1 Å². The van der Waals surface area contributed by atoms with Gasteiger partial charge >= 0.3 is 11.1 Å². The molecule has 15 heteroatoms. The van der Waals surface area contributed by atoms with Crippen molar-refractivity contribution in [3.05, 3.63) is 108 Å². The highest BCUT2D eigenvalue weighted by atomic mass is 16.3. The summed E-state index contributed by atoms with van der Waals surface area (Å²) < 4.78 is 4.04. The topological polar surface area (TPSA) is 181 Å². The van der Waals surface area contributed by atoms with Crippen molar-refractivity contribution in [1.82, 2.24) is 48.7 Å². The van der Waals surface area contributed by atoms with E-state index < -0.39 is 11.1 Å². The average molecular weight is 673 g/mol. The fourth-order valence-electron chi connectivity index (χ4n) is 6.00. The third-order valence-electron chi connectivity index (χ3n) is 8.69. The first kappa shape index (κ1) is 31.9. The van der Waals surface area contributed by atoms with Gasteiger partial charge in [0.1, 0.15) is 44.9 Å². The Kier molecular flexibility index (Phi) is 7.35. The molecule has 8 aromatic rings. The van der Waals surface area contributed by atoms with E-state index in [-0.39, 0.29) is 17.1 Å². The van der Waals surface area contributed by atoms with Crippen LogP contribution in [0.5, 0.6) is 11.5 Å². The Morgan fingerprint density at radius 2 is 0.940 bits per heavy atom. The third kappa shape index (κ3) is 5.15. The number of benzene rings is 4. The molecule has 4 heterocycles. The van der Waals surface area contributed by atoms with E-state index in [0.717, 1.165) is 22.3 Å². The van der Waals surface area contributed by atoms with Crippen LogP contribution < -0.4 is 16.7 Å². The third-order valence-corrected chi connectivity index (χ3v) is 8.69. The van der Waals surface area contributed by atoms with Gasteiger partial charge in [0.15, 0.2) is 0 Å². The molecule has 2 N–H and O–H groups in total. The van der Waals surface area contributed by atoms with E-state index in [9.17, 15) is 24.6 Å². The molecule has 4 aromatic carbocycles. The molecule has 15 nitrogen and oxygen atoms in total. The molecule has 0 saturated carbocycles. The molecule has 4 aromatic heterocycles. The second-order valence-corrected chi connectivity index (χ2v) is 12.5. The highest BCUT2D eigenvalue weighted by Crippen LogP contribution is 2.29. The zero-order chi connectivity index (χ0) is 35.8. The minimum atomic E-state index is -0.598. The molecule has 0 unspecified atom stereocenters. The molecule has 0 aliphatic heterocycles. The van der Waals surface area contributed by atoms with Crippen LogP contribution in [0.25, 0.3) is 55.4 Å². The average Bonchev–Trinajstić information content (AvgIpc) is 3.70. The molecular weight excluding hydrogens is 640 g/mol. The van der Waals surface area contributed by atoms with Crippen LogP contribution in [0.15, 0.2) is 69.2 Å². The summed E-state index contributed by atoms with van der Waals surface area (Å²) >= 11 is 0. The van der Waals surface area contributed by atoms with E-state index in [1.165, 1.54) is 29.6 Å². The van der Waals surface area contributed by atoms with Gasteiger partial charge in [-0.25, -0.2) is 4.98 Å². The Bertz CT molecular complexity index is 2820. The summed E-state index contributed by atoms with van der Waals surface area (Å²) in [5, 5.41) is 38.9. The molecule has 8 rings (SSSR count). The number of phenolic OH excluding ortho intramolecular Hbond substituents is 2. The summed E-state index contributed by atoms with van der Waals surface area (Å²) in [7, 11) is 4.76. The summed E-state index contributed by atoms with van der Waals surface area (Å²) in [6.45, 7) is 7.52. The second-order valence-electron chi connectivity index (χ2n) is 12.5. The van der Waals surface area contributed by atoms with Crippen molar-refractivity contribution in [3.63, 3.8) is 0 Å². The van der Waals surface area contributed by atoms with Crippen molar-refractivity contribution in [2.45, 2.75) is 27.7 Å². The first-order chi connectivity index (χ1) is 23.7. The number of hydrogen-bond donors (Lipinski definition) is 2. The number of aromatic hydroxyl groups is 2. The lowest BCUT2D eigenvalue weighted by atomic mass is 10.1. The van der Waals surface area contributed by atoms with Crippen LogP contribution in [0, 0.1) is 27.7 Å². The predicted octanol–water partition coefficient (Wildman–Crippen LogP) is 3.28. The monoisotopic (exact) mass is 672 g/mol. The van der Waals surface area contributed by atoms with Crippen LogP contribution in [0.4, 0.5) is 0 Å². The summed E-state index contributed by atoms with van der Waals surface area (Å²) in [5.41, 5.74) is 7.17. The molecule has 0 aliphatic rings. The van der Waals surface area contributed by atoms with Crippen molar-refractivity contribution >= 4 is 44.0 Å². The molecular formula is C35H32N10O5. The summed E-state index contributed by atoms with van der Waals surface area (Å²) in [6, 6.07) is 14.2. The zero-order valence-electron chi connectivity index (χ0n) is 28.3. The number of fused-ring (bicyclic) bond motifs is 4. The minimum absolute atomic E-state index is 0.111. The van der Waals surface area contributed by atoms with E-state index in [4.69, 9.17) is 0 Å². The molecule has 0 spiro atoms. The van der Waals surface area contributed by atoms with E-state index in [0.29, 0.717) is 55.4 Å². The van der Waals surface area contributed by atoms with Crippen LogP contribution in [0.1, 0.15) is 22.3 Å². The van der Waals surface area contributed by atoms with Crippen molar-refractivity contribution in [1.29, 1.82) is 0 Å². The van der Waals surface area contributed by atoms with Gasteiger partial charge in [-0.05, 0) is 86.3 Å². The quantitative estimate of drug-likeness (QED) is 0.259. The Morgan fingerprint density at radius 3 is 1.40 bits per heavy atom. The fourth-order valence-corrected chi connectivity index (χ4v) is 6.00. The van der Waals surface area contributed by atoms with Crippen molar-refractivity contribution in [2.24, 2.45) is 21.1 Å². The number of phenols is 2. The Morgan fingerprint density at radius 1 is 0.520 bits per heavy atom. The normalized spacial score (nSPS) is 11.5. The second kappa shape index (κ2) is 11.5. The first-order valence-electron chi connectivity index (χ1n) is 15.5. The van der Waals surface area contributed by atoms with Crippen molar-refractivity contribution < 1.29 is 10.2 Å². The van der Waals surface area contributed by atoms with E-state index in [1.54, 1.807) is 51.5 Å². The smallest absolute Gasteiger partial charge is 0.316 e. The molecule has 0 bridgehead atoms. The highest BCUT2D eigenvalue weighted by Gasteiger charge is 2.16. The fraction of sp³-hybridized carbons (Fsp3) is 0.200. The maximum atomic E-state index is 12.2. The number of aromatic nitrogens is 10. The standard InChI is InChI=1S/C18H17N5O3.C17H15N5O2/c1-9-5-10(2)16(24)15(6-9)23-19-11-7-13-14(8-12(11)20-23)22(4)18(26)17(25)21(13)3;1-9-4-10(2)16(23)15(5-9)22-19-13-6-11-12(7-14(13)20-22)18-8-21(3)17(11)24/h5-8,24H,1-4H3;4-8,23H,1-3H3. The SMILES string of the molecule is Cc1cc(C)c(O)c(-n2nc3cc4c(cc3n2)n(C)c(=O)c(=O)n4C)c1.Cc1cc(C)c(O)c(-n2nc3cc4ncn(C)c(=O)c4cc3n2)c1. The first-order valence-corrected chi connectivity index (χ1v) is 15.5. The van der Waals surface area contributed by atoms with Gasteiger partial charge in [0.2, 0.25) is 0 Å². The van der Waals surface area contributed by atoms with Gasteiger partial charge < -0.3 is 23.9 Å². The summed E-state index contributed by atoms with van der Waals surface area (Å²) in [5.74, 6) is 0.250. The van der Waals surface area contributed by atoms with Crippen LogP contribution in [-0.4, -0.2) is 58.9 Å². The lowest BCUT2D eigenvalue weighted by molar-refractivity contribution is 0.463. The van der Waals surface area contributed by atoms with Crippen LogP contribution in [0.3, 0.4) is 0 Å². The minimum Gasteiger partial charge on any atom is -0.505 e. The molecule has 0 fully saturated rings. The predicted molar refractivity (Wildman–Crippen MR) is 189 cm³/mol. The highest BCUT2D eigenvalue weighted by molar-refractivity contribution is 5.92. The van der Waals surface area contributed by atoms with Gasteiger partial charge in [-0.2, -0.15) is 0 Å². The van der Waals surface area contributed by atoms with Gasteiger partial charge in [-0.15, -0.1) is 30.0 Å². The lowest BCUT2D eigenvalue weighted by Gasteiger charge is -2.07. The van der Waals surface area contributed by atoms with Gasteiger partial charge in [0, 0.05) is 21.1 Å². The maximum absolute atomic E-state index is 12.2. The largest absolute Gasteiger partial charge is 0.505 e. The Labute approximate surface area is 282 Å².